The fraction of sp³-hybridized carbons (Fsp3) is 0. The highest BCUT2D eigenvalue weighted by Gasteiger charge is 2.18. The fourth-order valence-electron chi connectivity index (χ4n) is 7.52. The zero-order valence-corrected chi connectivity index (χ0v) is 27.1. The smallest absolute Gasteiger partial charge is 0.136 e. The van der Waals surface area contributed by atoms with Gasteiger partial charge < -0.3 is 9.32 Å². The third-order valence-electron chi connectivity index (χ3n) is 9.89. The average Bonchev–Trinajstić information content (AvgIpc) is 3.57. The van der Waals surface area contributed by atoms with Crippen LogP contribution in [0.25, 0.3) is 76.6 Å². The number of aromatic nitrogens is 1. The SMILES string of the molecule is c1ccc(-c2ccc(N(c3ccc(-c4cc5ccccc5c5ccccc45)cc3)c3ccc4oc5ccc6ncccc6c5c4c3)cc2)cc1. The number of anilines is 3. The first-order valence-electron chi connectivity index (χ1n) is 17.0. The maximum Gasteiger partial charge on any atom is 0.136 e. The molecule has 0 aliphatic rings. The van der Waals surface area contributed by atoms with Gasteiger partial charge in [0.25, 0.3) is 0 Å². The van der Waals surface area contributed by atoms with Crippen molar-refractivity contribution in [2.45, 2.75) is 0 Å². The van der Waals surface area contributed by atoms with E-state index in [4.69, 9.17) is 4.42 Å². The maximum absolute atomic E-state index is 6.36. The van der Waals surface area contributed by atoms with Crippen molar-refractivity contribution in [1.29, 1.82) is 0 Å². The molecule has 8 aromatic carbocycles. The molecule has 2 aromatic heterocycles. The highest BCUT2D eigenvalue weighted by atomic mass is 16.3. The molecular weight excluding hydrogens is 609 g/mol. The molecule has 0 atom stereocenters. The number of furan rings is 1. The van der Waals surface area contributed by atoms with E-state index in [0.717, 1.165) is 49.9 Å². The Morgan fingerprint density at radius 3 is 1.82 bits per heavy atom. The highest BCUT2D eigenvalue weighted by molar-refractivity contribution is 6.19. The molecule has 10 rings (SSSR count). The topological polar surface area (TPSA) is 29.3 Å². The van der Waals surface area contributed by atoms with Crippen LogP contribution in [0, 0.1) is 0 Å². The minimum atomic E-state index is 0.859. The van der Waals surface area contributed by atoms with Crippen LogP contribution in [0.3, 0.4) is 0 Å². The van der Waals surface area contributed by atoms with E-state index in [9.17, 15) is 0 Å². The molecule has 0 radical (unpaired) electrons. The quantitative estimate of drug-likeness (QED) is 0.176. The Morgan fingerprint density at radius 1 is 0.400 bits per heavy atom. The maximum atomic E-state index is 6.36. The molecule has 2 heterocycles. The van der Waals surface area contributed by atoms with E-state index in [1.165, 1.54) is 43.8 Å². The van der Waals surface area contributed by atoms with Crippen LogP contribution in [-0.2, 0) is 0 Å². The number of fused-ring (bicyclic) bond motifs is 8. The van der Waals surface area contributed by atoms with Crippen molar-refractivity contribution in [2.75, 3.05) is 4.90 Å². The van der Waals surface area contributed by atoms with Crippen LogP contribution in [-0.4, -0.2) is 4.98 Å². The Balaban J connectivity index is 1.14. The first kappa shape index (κ1) is 28.3. The Hall–Kier alpha value is -6.71. The van der Waals surface area contributed by atoms with Gasteiger partial charge in [0.05, 0.1) is 5.52 Å². The lowest BCUT2D eigenvalue weighted by Gasteiger charge is -2.26. The van der Waals surface area contributed by atoms with Crippen LogP contribution in [0.4, 0.5) is 17.1 Å². The van der Waals surface area contributed by atoms with Crippen LogP contribution in [0.15, 0.2) is 187 Å². The van der Waals surface area contributed by atoms with Crippen molar-refractivity contribution in [1.82, 2.24) is 4.98 Å². The molecule has 3 nitrogen and oxygen atoms in total. The molecular formula is C47H30N2O. The zero-order chi connectivity index (χ0) is 33.0. The van der Waals surface area contributed by atoms with E-state index in [1.807, 2.05) is 24.4 Å². The van der Waals surface area contributed by atoms with Crippen LogP contribution < -0.4 is 4.90 Å². The molecule has 234 valence electrons. The van der Waals surface area contributed by atoms with Gasteiger partial charge in [0.1, 0.15) is 11.2 Å². The van der Waals surface area contributed by atoms with Gasteiger partial charge in [0.15, 0.2) is 0 Å². The molecule has 0 bridgehead atoms. The van der Waals surface area contributed by atoms with Crippen molar-refractivity contribution in [3.05, 3.63) is 182 Å². The van der Waals surface area contributed by atoms with Crippen molar-refractivity contribution in [3.8, 4) is 22.3 Å². The summed E-state index contributed by atoms with van der Waals surface area (Å²) in [5.41, 5.74) is 10.7. The lowest BCUT2D eigenvalue weighted by atomic mass is 9.93. The summed E-state index contributed by atoms with van der Waals surface area (Å²) in [6, 6.07) is 62.7. The van der Waals surface area contributed by atoms with Gasteiger partial charge in [-0.3, -0.25) is 4.98 Å². The Morgan fingerprint density at radius 2 is 1.02 bits per heavy atom. The summed E-state index contributed by atoms with van der Waals surface area (Å²) in [6.45, 7) is 0. The Bertz CT molecular complexity index is 2850. The molecule has 0 N–H and O–H groups in total. The van der Waals surface area contributed by atoms with Crippen molar-refractivity contribution >= 4 is 71.4 Å². The number of benzene rings is 8. The summed E-state index contributed by atoms with van der Waals surface area (Å²) in [4.78, 5) is 6.95. The molecule has 0 saturated carbocycles. The number of hydrogen-bond donors (Lipinski definition) is 0. The van der Waals surface area contributed by atoms with Crippen LogP contribution >= 0.6 is 0 Å². The second kappa shape index (κ2) is 11.5. The highest BCUT2D eigenvalue weighted by Crippen LogP contribution is 2.42. The lowest BCUT2D eigenvalue weighted by molar-refractivity contribution is 0.669. The van der Waals surface area contributed by atoms with E-state index in [2.05, 4.69) is 168 Å². The van der Waals surface area contributed by atoms with E-state index < -0.39 is 0 Å². The lowest BCUT2D eigenvalue weighted by Crippen LogP contribution is -2.09. The van der Waals surface area contributed by atoms with Crippen LogP contribution in [0.5, 0.6) is 0 Å². The van der Waals surface area contributed by atoms with Gasteiger partial charge in [-0.1, -0.05) is 109 Å². The van der Waals surface area contributed by atoms with Crippen LogP contribution in [0.2, 0.25) is 0 Å². The third kappa shape index (κ3) is 4.63. The van der Waals surface area contributed by atoms with Crippen molar-refractivity contribution in [3.63, 3.8) is 0 Å². The van der Waals surface area contributed by atoms with Gasteiger partial charge in [-0.25, -0.2) is 0 Å². The summed E-state index contributed by atoms with van der Waals surface area (Å²) in [7, 11) is 0. The van der Waals surface area contributed by atoms with Gasteiger partial charge >= 0.3 is 0 Å². The van der Waals surface area contributed by atoms with E-state index in [1.54, 1.807) is 0 Å². The van der Waals surface area contributed by atoms with Gasteiger partial charge in [-0.15, -0.1) is 0 Å². The van der Waals surface area contributed by atoms with E-state index >= 15 is 0 Å². The first-order chi connectivity index (χ1) is 24.8. The molecule has 10 aromatic rings. The summed E-state index contributed by atoms with van der Waals surface area (Å²) in [5, 5.41) is 8.30. The molecule has 0 fully saturated rings. The largest absolute Gasteiger partial charge is 0.456 e. The number of nitrogens with zero attached hydrogens (tertiary/aromatic N) is 2. The van der Waals surface area contributed by atoms with Crippen molar-refractivity contribution in [2.24, 2.45) is 0 Å². The van der Waals surface area contributed by atoms with Crippen LogP contribution in [0.1, 0.15) is 0 Å². The van der Waals surface area contributed by atoms with Gasteiger partial charge in [0, 0.05) is 39.4 Å². The zero-order valence-electron chi connectivity index (χ0n) is 27.1. The van der Waals surface area contributed by atoms with Crippen molar-refractivity contribution < 1.29 is 4.42 Å². The Kier molecular flexibility index (Phi) is 6.49. The van der Waals surface area contributed by atoms with Gasteiger partial charge in [-0.2, -0.15) is 0 Å². The number of hydrogen-bond acceptors (Lipinski definition) is 3. The van der Waals surface area contributed by atoms with Gasteiger partial charge in [-0.05, 0) is 111 Å². The molecule has 0 aliphatic carbocycles. The number of pyridine rings is 1. The molecule has 0 saturated heterocycles. The summed E-state index contributed by atoms with van der Waals surface area (Å²) in [5.74, 6) is 0. The minimum absolute atomic E-state index is 0.859. The summed E-state index contributed by atoms with van der Waals surface area (Å²) < 4.78 is 6.36. The molecule has 3 heteroatoms. The fourth-order valence-corrected chi connectivity index (χ4v) is 7.52. The second-order valence-corrected chi connectivity index (χ2v) is 12.8. The second-order valence-electron chi connectivity index (χ2n) is 12.8. The predicted molar refractivity (Wildman–Crippen MR) is 210 cm³/mol. The normalized spacial score (nSPS) is 11.6. The molecule has 50 heavy (non-hydrogen) atoms. The average molecular weight is 639 g/mol. The minimum Gasteiger partial charge on any atom is -0.456 e. The molecule has 0 amide bonds. The van der Waals surface area contributed by atoms with E-state index in [-0.39, 0.29) is 0 Å². The molecule has 0 aliphatic heterocycles. The van der Waals surface area contributed by atoms with Gasteiger partial charge in [0.2, 0.25) is 0 Å². The summed E-state index contributed by atoms with van der Waals surface area (Å²) >= 11 is 0. The first-order valence-corrected chi connectivity index (χ1v) is 17.0. The third-order valence-corrected chi connectivity index (χ3v) is 9.89. The Labute approximate surface area is 289 Å². The number of rotatable bonds is 5. The molecule has 0 unspecified atom stereocenters. The monoisotopic (exact) mass is 638 g/mol. The van der Waals surface area contributed by atoms with E-state index in [0.29, 0.717) is 0 Å². The molecule has 0 spiro atoms. The predicted octanol–water partition coefficient (Wildman–Crippen LogP) is 13.2. The standard InChI is InChI=1S/C47H30N2O/c1-2-9-31(10-3-1)32-16-20-35(21-17-32)49(37-24-26-45-43(30-37)47-41-15-8-28-48-44(41)25-27-46(47)50-45)36-22-18-33(19-23-36)42-29-34-11-4-5-12-38(34)39-13-6-7-14-40(39)42/h1-30H. The summed E-state index contributed by atoms with van der Waals surface area (Å²) in [6.07, 6.45) is 1.84.